The summed E-state index contributed by atoms with van der Waals surface area (Å²) in [6.07, 6.45) is -1.25. The van der Waals surface area contributed by atoms with E-state index in [0.717, 1.165) is 18.4 Å². The molecule has 3 rings (SSSR count). The van der Waals surface area contributed by atoms with Gasteiger partial charge in [-0.2, -0.15) is 0 Å². The first-order valence-corrected chi connectivity index (χ1v) is 10.8. The second-order valence-corrected chi connectivity index (χ2v) is 8.10. The predicted octanol–water partition coefficient (Wildman–Crippen LogP) is 3.42. The molecular formula is C22H31F3N2O4. The van der Waals surface area contributed by atoms with Gasteiger partial charge in [0.2, 0.25) is 5.91 Å². The van der Waals surface area contributed by atoms with Crippen molar-refractivity contribution in [2.45, 2.75) is 70.1 Å². The number of hydrogen-bond donors (Lipinski definition) is 1. The van der Waals surface area contributed by atoms with Crippen LogP contribution in [0, 0.1) is 0 Å². The molecule has 6 nitrogen and oxygen atoms in total. The Morgan fingerprint density at radius 1 is 1.35 bits per heavy atom. The van der Waals surface area contributed by atoms with Gasteiger partial charge in [0.05, 0.1) is 12.7 Å². The van der Waals surface area contributed by atoms with Crippen molar-refractivity contribution in [1.29, 1.82) is 0 Å². The standard InChI is InChI=1S/C22H31F3N2O4/c1-3-17(26-19-9-11-30-14-20(19)29-2)5-7-21(28)27-10-8-15-4-6-18(12-16(15)13-27)31-22(23,24)25/h4,6,12,17,19-20,26H,3,5,7-11,13-14H2,1-2H3. The number of amides is 1. The van der Waals surface area contributed by atoms with Crippen LogP contribution in [0.3, 0.4) is 0 Å². The molecule has 1 aromatic rings. The zero-order valence-electron chi connectivity index (χ0n) is 18.0. The normalized spacial score (nSPS) is 22.7. The molecule has 0 saturated carbocycles. The molecule has 1 fully saturated rings. The summed E-state index contributed by atoms with van der Waals surface area (Å²) in [6.45, 7) is 4.22. The zero-order chi connectivity index (χ0) is 22.4. The van der Waals surface area contributed by atoms with Gasteiger partial charge in [-0.15, -0.1) is 13.2 Å². The quantitative estimate of drug-likeness (QED) is 0.666. The molecule has 2 aliphatic rings. The van der Waals surface area contributed by atoms with Gasteiger partial charge in [-0.05, 0) is 48.9 Å². The Morgan fingerprint density at radius 3 is 2.87 bits per heavy atom. The SMILES string of the molecule is CCC(CCC(=O)N1CCc2ccc(OC(F)(F)F)cc2C1)NC1CCOCC1OC. The minimum atomic E-state index is -4.73. The molecule has 31 heavy (non-hydrogen) atoms. The molecule has 0 bridgehead atoms. The average molecular weight is 444 g/mol. The molecule has 1 aromatic carbocycles. The lowest BCUT2D eigenvalue weighted by molar-refractivity contribution is -0.274. The van der Waals surface area contributed by atoms with E-state index < -0.39 is 6.36 Å². The molecule has 2 aliphatic heterocycles. The number of alkyl halides is 3. The molecule has 0 spiro atoms. The minimum absolute atomic E-state index is 0.00482. The van der Waals surface area contributed by atoms with E-state index in [1.165, 1.54) is 12.1 Å². The first-order valence-electron chi connectivity index (χ1n) is 10.8. The number of fused-ring (bicyclic) bond motifs is 1. The highest BCUT2D eigenvalue weighted by atomic mass is 19.4. The van der Waals surface area contributed by atoms with Gasteiger partial charge in [0.1, 0.15) is 5.75 Å². The maximum absolute atomic E-state index is 12.8. The summed E-state index contributed by atoms with van der Waals surface area (Å²) < 4.78 is 52.5. The molecule has 174 valence electrons. The van der Waals surface area contributed by atoms with Crippen molar-refractivity contribution in [1.82, 2.24) is 10.2 Å². The van der Waals surface area contributed by atoms with Crippen LogP contribution in [0.2, 0.25) is 0 Å². The highest BCUT2D eigenvalue weighted by Gasteiger charge is 2.32. The largest absolute Gasteiger partial charge is 0.573 e. The number of ether oxygens (including phenoxy) is 3. The third-order valence-corrected chi connectivity index (χ3v) is 6.03. The summed E-state index contributed by atoms with van der Waals surface area (Å²) in [4.78, 5) is 14.5. The van der Waals surface area contributed by atoms with Gasteiger partial charge in [-0.1, -0.05) is 13.0 Å². The smallest absolute Gasteiger partial charge is 0.406 e. The maximum atomic E-state index is 12.8. The molecular weight excluding hydrogens is 413 g/mol. The Kier molecular flexibility index (Phi) is 8.18. The number of carbonyl (C=O) groups is 1. The lowest BCUT2D eigenvalue weighted by atomic mass is 9.98. The van der Waals surface area contributed by atoms with Crippen molar-refractivity contribution in [3.8, 4) is 5.75 Å². The number of rotatable bonds is 8. The Bertz CT molecular complexity index is 744. The minimum Gasteiger partial charge on any atom is -0.406 e. The number of nitrogens with zero attached hydrogens (tertiary/aromatic N) is 1. The van der Waals surface area contributed by atoms with Crippen LogP contribution in [0.5, 0.6) is 5.75 Å². The molecule has 2 heterocycles. The van der Waals surface area contributed by atoms with Crippen molar-refractivity contribution in [2.24, 2.45) is 0 Å². The van der Waals surface area contributed by atoms with E-state index in [-0.39, 0.29) is 29.8 Å². The van der Waals surface area contributed by atoms with E-state index in [2.05, 4.69) is 17.0 Å². The fourth-order valence-corrected chi connectivity index (χ4v) is 4.24. The van der Waals surface area contributed by atoms with E-state index in [1.54, 1.807) is 18.1 Å². The summed E-state index contributed by atoms with van der Waals surface area (Å²) in [7, 11) is 1.68. The first kappa shape index (κ1) is 23.8. The number of benzene rings is 1. The molecule has 1 saturated heterocycles. The monoisotopic (exact) mass is 444 g/mol. The van der Waals surface area contributed by atoms with Crippen LogP contribution in [-0.4, -0.2) is 62.2 Å². The lowest BCUT2D eigenvalue weighted by Crippen LogP contribution is -2.51. The van der Waals surface area contributed by atoms with Gasteiger partial charge >= 0.3 is 6.36 Å². The van der Waals surface area contributed by atoms with Crippen molar-refractivity contribution < 1.29 is 32.2 Å². The van der Waals surface area contributed by atoms with Crippen LogP contribution in [0.1, 0.15) is 43.7 Å². The van der Waals surface area contributed by atoms with Gasteiger partial charge in [0.15, 0.2) is 0 Å². The van der Waals surface area contributed by atoms with Crippen LogP contribution in [0.4, 0.5) is 13.2 Å². The molecule has 1 amide bonds. The number of carbonyl (C=O) groups excluding carboxylic acids is 1. The third-order valence-electron chi connectivity index (χ3n) is 6.03. The Morgan fingerprint density at radius 2 is 2.16 bits per heavy atom. The molecule has 3 atom stereocenters. The summed E-state index contributed by atoms with van der Waals surface area (Å²) in [5, 5.41) is 3.61. The van der Waals surface area contributed by atoms with Gasteiger partial charge < -0.3 is 24.4 Å². The molecule has 3 unspecified atom stereocenters. The van der Waals surface area contributed by atoms with Crippen LogP contribution in [-0.2, 0) is 27.2 Å². The Balaban J connectivity index is 1.53. The second kappa shape index (κ2) is 10.7. The number of halogens is 3. The predicted molar refractivity (Wildman–Crippen MR) is 109 cm³/mol. The first-order chi connectivity index (χ1) is 14.8. The van der Waals surface area contributed by atoms with Crippen molar-refractivity contribution >= 4 is 5.91 Å². The van der Waals surface area contributed by atoms with Crippen LogP contribution in [0.25, 0.3) is 0 Å². The zero-order valence-corrected chi connectivity index (χ0v) is 18.0. The Hall–Kier alpha value is -1.84. The van der Waals surface area contributed by atoms with E-state index in [0.29, 0.717) is 51.1 Å². The number of nitrogens with one attached hydrogen (secondary N) is 1. The van der Waals surface area contributed by atoms with Crippen molar-refractivity contribution in [2.75, 3.05) is 26.9 Å². The highest BCUT2D eigenvalue weighted by Crippen LogP contribution is 2.28. The molecule has 0 aromatic heterocycles. The fraction of sp³-hybridized carbons (Fsp3) is 0.682. The van der Waals surface area contributed by atoms with Crippen LogP contribution in [0.15, 0.2) is 18.2 Å². The van der Waals surface area contributed by atoms with Crippen molar-refractivity contribution in [3.05, 3.63) is 29.3 Å². The number of hydrogen-bond acceptors (Lipinski definition) is 5. The van der Waals surface area contributed by atoms with E-state index in [1.807, 2.05) is 0 Å². The lowest BCUT2D eigenvalue weighted by Gasteiger charge is -2.34. The highest BCUT2D eigenvalue weighted by molar-refractivity contribution is 5.76. The topological polar surface area (TPSA) is 60.0 Å². The number of methoxy groups -OCH3 is 1. The second-order valence-electron chi connectivity index (χ2n) is 8.10. The molecule has 0 radical (unpaired) electrons. The summed E-state index contributed by atoms with van der Waals surface area (Å²) >= 11 is 0. The molecule has 0 aliphatic carbocycles. The van der Waals surface area contributed by atoms with Gasteiger partial charge in [-0.25, -0.2) is 0 Å². The van der Waals surface area contributed by atoms with Gasteiger partial charge in [0, 0.05) is 45.3 Å². The van der Waals surface area contributed by atoms with E-state index >= 15 is 0 Å². The summed E-state index contributed by atoms with van der Waals surface area (Å²) in [6, 6.07) is 4.75. The van der Waals surface area contributed by atoms with E-state index in [4.69, 9.17) is 9.47 Å². The van der Waals surface area contributed by atoms with Gasteiger partial charge in [0.25, 0.3) is 0 Å². The fourth-order valence-electron chi connectivity index (χ4n) is 4.24. The van der Waals surface area contributed by atoms with Gasteiger partial charge in [-0.3, -0.25) is 4.79 Å². The van der Waals surface area contributed by atoms with Crippen molar-refractivity contribution in [3.63, 3.8) is 0 Å². The Labute approximate surface area is 181 Å². The summed E-state index contributed by atoms with van der Waals surface area (Å²) in [5.41, 5.74) is 1.66. The third kappa shape index (κ3) is 6.82. The molecule has 9 heteroatoms. The summed E-state index contributed by atoms with van der Waals surface area (Å²) in [5.74, 6) is -0.233. The van der Waals surface area contributed by atoms with Crippen LogP contribution < -0.4 is 10.1 Å². The van der Waals surface area contributed by atoms with Crippen LogP contribution >= 0.6 is 0 Å². The molecule has 1 N–H and O–H groups in total. The average Bonchev–Trinajstić information content (AvgIpc) is 2.75. The van der Waals surface area contributed by atoms with E-state index in [9.17, 15) is 18.0 Å². The maximum Gasteiger partial charge on any atom is 0.573 e.